The number of nitrogens with zero attached hydrogens (tertiary/aromatic N) is 2. The smallest absolute Gasteiger partial charge is 0.240 e. The second-order valence-corrected chi connectivity index (χ2v) is 6.35. The van der Waals surface area contributed by atoms with Gasteiger partial charge in [-0.2, -0.15) is 0 Å². The van der Waals surface area contributed by atoms with E-state index in [9.17, 15) is 4.79 Å². The lowest BCUT2D eigenvalue weighted by Gasteiger charge is -2.22. The fraction of sp³-hybridized carbons (Fsp3) is 0.429. The van der Waals surface area contributed by atoms with Gasteiger partial charge in [0.15, 0.2) is 0 Å². The summed E-state index contributed by atoms with van der Waals surface area (Å²) in [6, 6.07) is 5.40. The Bertz CT molecular complexity index is 639. The van der Waals surface area contributed by atoms with E-state index in [-0.39, 0.29) is 11.8 Å². The van der Waals surface area contributed by atoms with Gasteiger partial charge in [-0.1, -0.05) is 29.8 Å². The minimum atomic E-state index is -0.417. The van der Waals surface area contributed by atoms with Crippen molar-refractivity contribution in [3.05, 3.63) is 28.5 Å². The SMILES string of the molecule is CC(C)C(C(N)=O)n1c(CCCl)nc2cc(Br)ccc21. The molecule has 1 aromatic carbocycles. The number of halogens is 2. The molecule has 0 saturated heterocycles. The van der Waals surface area contributed by atoms with Gasteiger partial charge in [-0.15, -0.1) is 11.6 Å². The average Bonchev–Trinajstić information content (AvgIpc) is 2.67. The van der Waals surface area contributed by atoms with Crippen molar-refractivity contribution in [2.75, 3.05) is 5.88 Å². The first-order valence-electron chi connectivity index (χ1n) is 6.47. The number of alkyl halides is 1. The number of primary amides is 1. The van der Waals surface area contributed by atoms with Crippen LogP contribution < -0.4 is 5.73 Å². The second kappa shape index (κ2) is 6.14. The molecule has 1 heterocycles. The van der Waals surface area contributed by atoms with E-state index < -0.39 is 6.04 Å². The number of carbonyl (C=O) groups is 1. The van der Waals surface area contributed by atoms with Crippen molar-refractivity contribution in [2.24, 2.45) is 11.7 Å². The quantitative estimate of drug-likeness (QED) is 0.834. The van der Waals surface area contributed by atoms with Gasteiger partial charge in [-0.05, 0) is 24.1 Å². The van der Waals surface area contributed by atoms with Crippen molar-refractivity contribution in [1.29, 1.82) is 0 Å². The molecule has 2 rings (SSSR count). The Morgan fingerprint density at radius 3 is 2.75 bits per heavy atom. The van der Waals surface area contributed by atoms with Crippen LogP contribution in [0.5, 0.6) is 0 Å². The van der Waals surface area contributed by atoms with Gasteiger partial charge in [0.1, 0.15) is 11.9 Å². The summed E-state index contributed by atoms with van der Waals surface area (Å²) in [4.78, 5) is 16.4. The first kappa shape index (κ1) is 15.3. The molecule has 1 amide bonds. The van der Waals surface area contributed by atoms with Gasteiger partial charge < -0.3 is 10.3 Å². The van der Waals surface area contributed by atoms with Gasteiger partial charge in [-0.3, -0.25) is 4.79 Å². The predicted octanol–water partition coefficient (Wildman–Crippen LogP) is 3.26. The summed E-state index contributed by atoms with van der Waals surface area (Å²) >= 11 is 9.29. The van der Waals surface area contributed by atoms with Crippen molar-refractivity contribution >= 4 is 44.5 Å². The fourth-order valence-electron chi connectivity index (χ4n) is 2.45. The molecule has 1 atom stereocenters. The van der Waals surface area contributed by atoms with E-state index in [1.807, 2.05) is 36.6 Å². The number of aryl methyl sites for hydroxylation is 1. The molecule has 0 spiro atoms. The lowest BCUT2D eigenvalue weighted by Crippen LogP contribution is -2.31. The van der Waals surface area contributed by atoms with Crippen LogP contribution >= 0.6 is 27.5 Å². The maximum Gasteiger partial charge on any atom is 0.240 e. The highest BCUT2D eigenvalue weighted by Crippen LogP contribution is 2.28. The molecule has 20 heavy (non-hydrogen) atoms. The van der Waals surface area contributed by atoms with Crippen LogP contribution in [0.2, 0.25) is 0 Å². The van der Waals surface area contributed by atoms with E-state index in [1.165, 1.54) is 0 Å². The lowest BCUT2D eigenvalue weighted by molar-refractivity contribution is -0.122. The summed E-state index contributed by atoms with van der Waals surface area (Å²) in [5, 5.41) is 0. The number of rotatable bonds is 5. The summed E-state index contributed by atoms with van der Waals surface area (Å²) in [6.07, 6.45) is 0.602. The van der Waals surface area contributed by atoms with Crippen molar-refractivity contribution in [1.82, 2.24) is 9.55 Å². The standard InChI is InChI=1S/C14H17BrClN3O/c1-8(2)13(14(17)20)19-11-4-3-9(15)7-10(11)18-12(19)5-6-16/h3-4,7-8,13H,5-6H2,1-2H3,(H2,17,20). The first-order chi connectivity index (χ1) is 9.45. The van der Waals surface area contributed by atoms with E-state index in [2.05, 4.69) is 20.9 Å². The number of hydrogen-bond acceptors (Lipinski definition) is 2. The topological polar surface area (TPSA) is 60.9 Å². The molecular weight excluding hydrogens is 342 g/mol. The Hall–Kier alpha value is -1.07. The van der Waals surface area contributed by atoms with Crippen LogP contribution in [-0.4, -0.2) is 21.3 Å². The van der Waals surface area contributed by atoms with Crippen LogP contribution in [0.1, 0.15) is 25.7 Å². The molecule has 2 N–H and O–H groups in total. The summed E-state index contributed by atoms with van der Waals surface area (Å²) in [7, 11) is 0. The van der Waals surface area contributed by atoms with Gasteiger partial charge in [0.25, 0.3) is 0 Å². The normalized spacial score (nSPS) is 13.1. The number of amides is 1. The van der Waals surface area contributed by atoms with E-state index in [0.29, 0.717) is 12.3 Å². The van der Waals surface area contributed by atoms with E-state index in [0.717, 1.165) is 21.3 Å². The minimum Gasteiger partial charge on any atom is -0.368 e. The number of nitrogens with two attached hydrogens (primary N) is 1. The molecule has 0 radical (unpaired) electrons. The van der Waals surface area contributed by atoms with Crippen LogP contribution in [-0.2, 0) is 11.2 Å². The molecule has 2 aromatic rings. The molecule has 4 nitrogen and oxygen atoms in total. The summed E-state index contributed by atoms with van der Waals surface area (Å²) in [6.45, 7) is 3.95. The van der Waals surface area contributed by atoms with Gasteiger partial charge in [0.2, 0.25) is 5.91 Å². The first-order valence-corrected chi connectivity index (χ1v) is 7.80. The van der Waals surface area contributed by atoms with E-state index in [4.69, 9.17) is 17.3 Å². The molecule has 0 aliphatic carbocycles. The molecule has 0 aliphatic heterocycles. The largest absolute Gasteiger partial charge is 0.368 e. The van der Waals surface area contributed by atoms with Crippen molar-refractivity contribution in [3.63, 3.8) is 0 Å². The average molecular weight is 359 g/mol. The van der Waals surface area contributed by atoms with Gasteiger partial charge in [0.05, 0.1) is 11.0 Å². The van der Waals surface area contributed by atoms with Crippen LogP contribution in [0.3, 0.4) is 0 Å². The fourth-order valence-corrected chi connectivity index (χ4v) is 2.97. The monoisotopic (exact) mass is 357 g/mol. The van der Waals surface area contributed by atoms with Crippen LogP contribution in [0.25, 0.3) is 11.0 Å². The Kier molecular flexibility index (Phi) is 4.70. The molecule has 0 bridgehead atoms. The lowest BCUT2D eigenvalue weighted by atomic mass is 10.0. The van der Waals surface area contributed by atoms with E-state index in [1.54, 1.807) is 0 Å². The Morgan fingerprint density at radius 2 is 2.20 bits per heavy atom. The Balaban J connectivity index is 2.70. The van der Waals surface area contributed by atoms with Crippen LogP contribution in [0.4, 0.5) is 0 Å². The van der Waals surface area contributed by atoms with Crippen molar-refractivity contribution in [3.8, 4) is 0 Å². The number of aromatic nitrogens is 2. The number of imidazole rings is 1. The molecule has 0 fully saturated rings. The number of benzene rings is 1. The van der Waals surface area contributed by atoms with Gasteiger partial charge >= 0.3 is 0 Å². The zero-order valence-corrected chi connectivity index (χ0v) is 13.8. The molecule has 1 unspecified atom stereocenters. The second-order valence-electron chi connectivity index (χ2n) is 5.06. The molecule has 0 aliphatic rings. The highest BCUT2D eigenvalue weighted by atomic mass is 79.9. The number of hydrogen-bond donors (Lipinski definition) is 1. The number of carbonyl (C=O) groups excluding carboxylic acids is 1. The Labute approximate surface area is 131 Å². The zero-order chi connectivity index (χ0) is 14.9. The minimum absolute atomic E-state index is 0.0858. The Morgan fingerprint density at radius 1 is 1.50 bits per heavy atom. The number of fused-ring (bicyclic) bond motifs is 1. The molecular formula is C14H17BrClN3O. The third-order valence-corrected chi connectivity index (χ3v) is 3.93. The van der Waals surface area contributed by atoms with Crippen LogP contribution in [0, 0.1) is 5.92 Å². The van der Waals surface area contributed by atoms with E-state index >= 15 is 0 Å². The predicted molar refractivity (Wildman–Crippen MR) is 84.9 cm³/mol. The molecule has 108 valence electrons. The highest BCUT2D eigenvalue weighted by Gasteiger charge is 2.26. The van der Waals surface area contributed by atoms with Crippen molar-refractivity contribution in [2.45, 2.75) is 26.3 Å². The summed E-state index contributed by atoms with van der Waals surface area (Å²) in [5.41, 5.74) is 7.33. The van der Waals surface area contributed by atoms with Crippen LogP contribution in [0.15, 0.2) is 22.7 Å². The molecule has 0 saturated carbocycles. The van der Waals surface area contributed by atoms with Gasteiger partial charge in [0, 0.05) is 16.8 Å². The van der Waals surface area contributed by atoms with Gasteiger partial charge in [-0.25, -0.2) is 4.98 Å². The third kappa shape index (κ3) is 2.83. The highest BCUT2D eigenvalue weighted by molar-refractivity contribution is 9.10. The maximum absolute atomic E-state index is 11.8. The zero-order valence-electron chi connectivity index (χ0n) is 11.4. The van der Waals surface area contributed by atoms with Crippen molar-refractivity contribution < 1.29 is 4.79 Å². The molecule has 6 heteroatoms. The summed E-state index contributed by atoms with van der Waals surface area (Å²) in [5.74, 6) is 0.986. The maximum atomic E-state index is 11.8. The third-order valence-electron chi connectivity index (χ3n) is 3.24. The summed E-state index contributed by atoms with van der Waals surface area (Å²) < 4.78 is 2.88. The molecule has 1 aromatic heterocycles.